The van der Waals surface area contributed by atoms with E-state index in [1.54, 1.807) is 17.0 Å². The Morgan fingerprint density at radius 2 is 1.93 bits per heavy atom. The first-order chi connectivity index (χ1) is 14.5. The van der Waals surface area contributed by atoms with E-state index in [2.05, 4.69) is 17.1 Å². The van der Waals surface area contributed by atoms with Crippen molar-refractivity contribution in [3.63, 3.8) is 0 Å². The molecule has 2 aromatic carbocycles. The molecule has 0 radical (unpaired) electrons. The lowest BCUT2D eigenvalue weighted by molar-refractivity contribution is 0.0667. The van der Waals surface area contributed by atoms with Gasteiger partial charge in [-0.3, -0.25) is 4.79 Å². The fraction of sp³-hybridized carbons (Fsp3) is 0.375. The summed E-state index contributed by atoms with van der Waals surface area (Å²) in [5.41, 5.74) is 2.62. The molecule has 0 aliphatic heterocycles. The van der Waals surface area contributed by atoms with Gasteiger partial charge in [-0.1, -0.05) is 42.3 Å². The van der Waals surface area contributed by atoms with Crippen LogP contribution in [0.1, 0.15) is 55.4 Å². The van der Waals surface area contributed by atoms with Crippen LogP contribution in [0.25, 0.3) is 11.4 Å². The number of carbonyl (C=O) groups is 1. The van der Waals surface area contributed by atoms with Gasteiger partial charge in [-0.15, -0.1) is 0 Å². The highest BCUT2D eigenvalue weighted by Crippen LogP contribution is 2.20. The van der Waals surface area contributed by atoms with Gasteiger partial charge in [0.1, 0.15) is 12.3 Å². The van der Waals surface area contributed by atoms with Crippen molar-refractivity contribution in [2.45, 2.75) is 53.1 Å². The smallest absolute Gasteiger partial charge is 0.254 e. The first kappa shape index (κ1) is 21.6. The van der Waals surface area contributed by atoms with Crippen molar-refractivity contribution in [3.8, 4) is 17.1 Å². The normalized spacial score (nSPS) is 11.0. The Morgan fingerprint density at radius 1 is 1.17 bits per heavy atom. The van der Waals surface area contributed by atoms with Crippen LogP contribution in [0, 0.1) is 6.92 Å². The Kier molecular flexibility index (Phi) is 7.22. The molecule has 0 spiro atoms. The van der Waals surface area contributed by atoms with Crippen molar-refractivity contribution in [2.75, 3.05) is 6.61 Å². The minimum absolute atomic E-state index is 0.0210. The molecule has 6 nitrogen and oxygen atoms in total. The van der Waals surface area contributed by atoms with E-state index in [0.717, 1.165) is 29.7 Å². The minimum atomic E-state index is -0.0830. The van der Waals surface area contributed by atoms with Crippen LogP contribution in [0.2, 0.25) is 0 Å². The quantitative estimate of drug-likeness (QED) is 0.452. The molecule has 0 bridgehead atoms. The van der Waals surface area contributed by atoms with Crippen molar-refractivity contribution in [1.82, 2.24) is 15.0 Å². The first-order valence-corrected chi connectivity index (χ1v) is 10.4. The lowest BCUT2D eigenvalue weighted by Gasteiger charge is -2.25. The van der Waals surface area contributed by atoms with E-state index in [1.165, 1.54) is 0 Å². The number of nitrogens with zero attached hydrogens (tertiary/aromatic N) is 3. The molecular weight excluding hydrogens is 378 g/mol. The second kappa shape index (κ2) is 10.1. The van der Waals surface area contributed by atoms with E-state index < -0.39 is 0 Å². The molecule has 1 aromatic heterocycles. The molecule has 0 saturated carbocycles. The predicted octanol–water partition coefficient (Wildman–Crippen LogP) is 5.27. The van der Waals surface area contributed by atoms with Crippen LogP contribution in [-0.2, 0) is 6.54 Å². The second-order valence-corrected chi connectivity index (χ2v) is 7.63. The maximum absolute atomic E-state index is 13.1. The summed E-state index contributed by atoms with van der Waals surface area (Å²) in [6, 6.07) is 15.2. The minimum Gasteiger partial charge on any atom is -0.494 e. The molecule has 3 rings (SSSR count). The fourth-order valence-corrected chi connectivity index (χ4v) is 3.05. The number of hydrogen-bond acceptors (Lipinski definition) is 5. The van der Waals surface area contributed by atoms with Gasteiger partial charge in [-0.2, -0.15) is 4.98 Å². The van der Waals surface area contributed by atoms with Gasteiger partial charge in [0.25, 0.3) is 5.91 Å². The van der Waals surface area contributed by atoms with Crippen molar-refractivity contribution in [2.24, 2.45) is 0 Å². The molecule has 0 fully saturated rings. The summed E-state index contributed by atoms with van der Waals surface area (Å²) >= 11 is 0. The summed E-state index contributed by atoms with van der Waals surface area (Å²) in [4.78, 5) is 19.3. The van der Waals surface area contributed by atoms with Crippen LogP contribution >= 0.6 is 0 Å². The zero-order valence-electron chi connectivity index (χ0n) is 18.1. The highest BCUT2D eigenvalue weighted by atomic mass is 16.5. The van der Waals surface area contributed by atoms with Crippen LogP contribution in [0.4, 0.5) is 0 Å². The summed E-state index contributed by atoms with van der Waals surface area (Å²) < 4.78 is 11.1. The molecule has 6 heteroatoms. The number of hydrogen-bond donors (Lipinski definition) is 0. The van der Waals surface area contributed by atoms with Gasteiger partial charge in [0, 0.05) is 17.2 Å². The third-order valence-electron chi connectivity index (χ3n) is 4.80. The molecule has 0 N–H and O–H groups in total. The van der Waals surface area contributed by atoms with Crippen LogP contribution < -0.4 is 4.74 Å². The fourth-order valence-electron chi connectivity index (χ4n) is 3.05. The lowest BCUT2D eigenvalue weighted by Crippen LogP contribution is -2.36. The Bertz CT molecular complexity index is 964. The zero-order valence-corrected chi connectivity index (χ0v) is 18.1. The summed E-state index contributed by atoms with van der Waals surface area (Å²) in [6.45, 7) is 9.02. The maximum Gasteiger partial charge on any atom is 0.254 e. The summed E-state index contributed by atoms with van der Waals surface area (Å²) in [5, 5.41) is 4.08. The molecule has 1 heterocycles. The molecule has 0 saturated heterocycles. The predicted molar refractivity (Wildman–Crippen MR) is 116 cm³/mol. The van der Waals surface area contributed by atoms with Crippen molar-refractivity contribution in [1.29, 1.82) is 0 Å². The Hall–Kier alpha value is -3.15. The highest BCUT2D eigenvalue weighted by molar-refractivity contribution is 5.94. The number of unbranched alkanes of at least 4 members (excludes halogenated alkanes) is 1. The molecular formula is C24H29N3O3. The standard InChI is InChI=1S/C24H29N3O3/c1-5-6-14-29-21-12-10-19(11-13-21)24(28)27(17(2)3)16-22-25-23(26-30-22)20-9-7-8-18(4)15-20/h7-13,15,17H,5-6,14,16H2,1-4H3. The number of aryl methyl sites for hydroxylation is 1. The van der Waals surface area contributed by atoms with Gasteiger partial charge >= 0.3 is 0 Å². The van der Waals surface area contributed by atoms with E-state index >= 15 is 0 Å². The molecule has 0 aliphatic carbocycles. The monoisotopic (exact) mass is 407 g/mol. The van der Waals surface area contributed by atoms with Gasteiger partial charge in [0.2, 0.25) is 11.7 Å². The number of aromatic nitrogens is 2. The third-order valence-corrected chi connectivity index (χ3v) is 4.80. The van der Waals surface area contributed by atoms with Crippen LogP contribution in [-0.4, -0.2) is 33.6 Å². The van der Waals surface area contributed by atoms with E-state index in [-0.39, 0.29) is 18.5 Å². The largest absolute Gasteiger partial charge is 0.494 e. The maximum atomic E-state index is 13.1. The van der Waals surface area contributed by atoms with Crippen LogP contribution in [0.3, 0.4) is 0 Å². The third kappa shape index (κ3) is 5.47. The highest BCUT2D eigenvalue weighted by Gasteiger charge is 2.22. The molecule has 0 aliphatic rings. The zero-order chi connectivity index (χ0) is 21.5. The van der Waals surface area contributed by atoms with Gasteiger partial charge in [-0.05, 0) is 57.5 Å². The van der Waals surface area contributed by atoms with E-state index in [4.69, 9.17) is 9.26 Å². The Labute approximate surface area is 177 Å². The van der Waals surface area contributed by atoms with Crippen molar-refractivity contribution in [3.05, 3.63) is 65.5 Å². The summed E-state index contributed by atoms with van der Waals surface area (Å²) in [7, 11) is 0. The van der Waals surface area contributed by atoms with E-state index in [1.807, 2.05) is 57.2 Å². The second-order valence-electron chi connectivity index (χ2n) is 7.63. The number of carbonyl (C=O) groups excluding carboxylic acids is 1. The van der Waals surface area contributed by atoms with Crippen molar-refractivity contribution < 1.29 is 14.1 Å². The van der Waals surface area contributed by atoms with Gasteiger partial charge < -0.3 is 14.2 Å². The number of rotatable bonds is 9. The average molecular weight is 408 g/mol. The molecule has 158 valence electrons. The summed E-state index contributed by atoms with van der Waals surface area (Å²) in [5.74, 6) is 1.63. The van der Waals surface area contributed by atoms with Crippen LogP contribution in [0.15, 0.2) is 53.1 Å². The van der Waals surface area contributed by atoms with Gasteiger partial charge in [0.05, 0.1) is 6.61 Å². The van der Waals surface area contributed by atoms with Gasteiger partial charge in [0.15, 0.2) is 0 Å². The van der Waals surface area contributed by atoms with E-state index in [9.17, 15) is 4.79 Å². The number of benzene rings is 2. The first-order valence-electron chi connectivity index (χ1n) is 10.4. The topological polar surface area (TPSA) is 68.5 Å². The summed E-state index contributed by atoms with van der Waals surface area (Å²) in [6.07, 6.45) is 2.09. The van der Waals surface area contributed by atoms with E-state index in [0.29, 0.717) is 23.9 Å². The molecule has 0 unspecified atom stereocenters. The molecule has 0 atom stereocenters. The Morgan fingerprint density at radius 3 is 2.60 bits per heavy atom. The van der Waals surface area contributed by atoms with Crippen LogP contribution in [0.5, 0.6) is 5.75 Å². The molecule has 3 aromatic rings. The van der Waals surface area contributed by atoms with Gasteiger partial charge in [-0.25, -0.2) is 0 Å². The molecule has 30 heavy (non-hydrogen) atoms. The van der Waals surface area contributed by atoms with Crippen molar-refractivity contribution >= 4 is 5.91 Å². The Balaban J connectivity index is 1.71. The average Bonchev–Trinajstić information content (AvgIpc) is 3.21. The SMILES string of the molecule is CCCCOc1ccc(C(=O)N(Cc2nc(-c3cccc(C)c3)no2)C(C)C)cc1. The number of ether oxygens (including phenoxy) is 1. The lowest BCUT2D eigenvalue weighted by atomic mass is 10.1. The number of amides is 1. The molecule has 1 amide bonds.